The summed E-state index contributed by atoms with van der Waals surface area (Å²) < 4.78 is 31.8. The lowest BCUT2D eigenvalue weighted by Gasteiger charge is -2.23. The van der Waals surface area contributed by atoms with E-state index in [1.54, 1.807) is 24.3 Å². The number of carboxylic acid groups (broad SMARTS) is 1. The molecule has 0 aromatic heterocycles. The maximum atomic E-state index is 14.2. The van der Waals surface area contributed by atoms with Gasteiger partial charge in [0.25, 0.3) is 0 Å². The number of fused-ring (bicyclic) bond motifs is 1. The Balaban J connectivity index is 1.49. The summed E-state index contributed by atoms with van der Waals surface area (Å²) in [4.78, 5) is 10.8. The summed E-state index contributed by atoms with van der Waals surface area (Å²) in [5.41, 5.74) is 2.27. The van der Waals surface area contributed by atoms with Gasteiger partial charge in [-0.15, -0.1) is 0 Å². The Morgan fingerprint density at radius 3 is 2.72 bits per heavy atom. The summed E-state index contributed by atoms with van der Waals surface area (Å²) in [7, 11) is 1.54. The molecule has 0 atom stereocenters. The van der Waals surface area contributed by atoms with E-state index in [1.807, 2.05) is 0 Å². The van der Waals surface area contributed by atoms with Crippen molar-refractivity contribution in [2.24, 2.45) is 0 Å². The Labute approximate surface area is 169 Å². The third-order valence-electron chi connectivity index (χ3n) is 5.81. The quantitative estimate of drug-likeness (QED) is 0.731. The molecule has 1 aliphatic heterocycles. The van der Waals surface area contributed by atoms with Gasteiger partial charge in [-0.1, -0.05) is 6.07 Å². The van der Waals surface area contributed by atoms with E-state index in [1.165, 1.54) is 13.2 Å². The molecule has 1 spiro atoms. The molecule has 0 amide bonds. The third-order valence-corrected chi connectivity index (χ3v) is 5.81. The smallest absolute Gasteiger partial charge is 0.303 e. The summed E-state index contributed by atoms with van der Waals surface area (Å²) >= 11 is 0. The van der Waals surface area contributed by atoms with Gasteiger partial charge in [-0.25, -0.2) is 4.39 Å². The molecule has 0 unspecified atom stereocenters. The fraction of sp³-hybridized carbons (Fsp3) is 0.435. The van der Waals surface area contributed by atoms with Crippen LogP contribution in [0.5, 0.6) is 17.2 Å². The number of aryl methyl sites for hydroxylation is 1. The molecule has 1 N–H and O–H groups in total. The Bertz CT molecular complexity index is 918. The predicted molar refractivity (Wildman–Crippen MR) is 105 cm³/mol. The Morgan fingerprint density at radius 2 is 2.00 bits per heavy atom. The molecule has 154 valence electrons. The van der Waals surface area contributed by atoms with Gasteiger partial charge in [-0.3, -0.25) is 4.79 Å². The van der Waals surface area contributed by atoms with E-state index in [-0.39, 0.29) is 24.4 Å². The molecule has 1 heterocycles. The maximum Gasteiger partial charge on any atom is 0.303 e. The number of hydrogen-bond donors (Lipinski definition) is 1. The molecule has 29 heavy (non-hydrogen) atoms. The molecule has 2 aromatic rings. The lowest BCUT2D eigenvalue weighted by Crippen LogP contribution is -2.30. The summed E-state index contributed by atoms with van der Waals surface area (Å²) in [6.07, 6.45) is 5.50. The fourth-order valence-electron chi connectivity index (χ4n) is 4.40. The van der Waals surface area contributed by atoms with Crippen LogP contribution < -0.4 is 14.2 Å². The Hall–Kier alpha value is -2.76. The number of ether oxygens (including phenoxy) is 3. The molecule has 1 saturated carbocycles. The van der Waals surface area contributed by atoms with Gasteiger partial charge in [0.2, 0.25) is 0 Å². The second-order valence-electron chi connectivity index (χ2n) is 7.88. The molecule has 2 aromatic carbocycles. The highest BCUT2D eigenvalue weighted by Crippen LogP contribution is 2.46. The first kappa shape index (κ1) is 19.6. The van der Waals surface area contributed by atoms with Crippen molar-refractivity contribution in [3.05, 3.63) is 52.8 Å². The number of rotatable bonds is 7. The predicted octanol–water partition coefficient (Wildman–Crippen LogP) is 4.68. The lowest BCUT2D eigenvalue weighted by molar-refractivity contribution is -0.136. The molecule has 4 rings (SSSR count). The largest absolute Gasteiger partial charge is 0.496 e. The zero-order chi connectivity index (χ0) is 20.4. The van der Waals surface area contributed by atoms with Crippen LogP contribution in [0.25, 0.3) is 0 Å². The highest BCUT2D eigenvalue weighted by Gasteiger charge is 2.42. The average Bonchev–Trinajstić information content (AvgIpc) is 3.30. The van der Waals surface area contributed by atoms with Crippen LogP contribution in [0.1, 0.15) is 48.8 Å². The van der Waals surface area contributed by atoms with Crippen molar-refractivity contribution in [3.8, 4) is 17.2 Å². The minimum absolute atomic E-state index is 0.0328. The lowest BCUT2D eigenvalue weighted by atomic mass is 9.95. The van der Waals surface area contributed by atoms with Crippen molar-refractivity contribution in [1.29, 1.82) is 0 Å². The van der Waals surface area contributed by atoms with E-state index in [0.717, 1.165) is 49.0 Å². The summed E-state index contributed by atoms with van der Waals surface area (Å²) in [6.45, 7) is 0.188. The van der Waals surface area contributed by atoms with Gasteiger partial charge in [0.1, 0.15) is 35.3 Å². The zero-order valence-electron chi connectivity index (χ0n) is 16.5. The van der Waals surface area contributed by atoms with E-state index in [2.05, 4.69) is 0 Å². The van der Waals surface area contributed by atoms with Gasteiger partial charge in [-0.05, 0) is 55.9 Å². The van der Waals surface area contributed by atoms with Crippen LogP contribution >= 0.6 is 0 Å². The first-order valence-electron chi connectivity index (χ1n) is 10.00. The van der Waals surface area contributed by atoms with Gasteiger partial charge in [0.15, 0.2) is 0 Å². The van der Waals surface area contributed by atoms with Gasteiger partial charge < -0.3 is 19.3 Å². The molecule has 0 bridgehead atoms. The van der Waals surface area contributed by atoms with Gasteiger partial charge in [0, 0.05) is 30.0 Å². The molecule has 2 aliphatic rings. The van der Waals surface area contributed by atoms with Crippen molar-refractivity contribution in [2.75, 3.05) is 7.11 Å². The standard InChI is InChI=1S/C23H25FO5/c1-27-20-12-19(6-4-15(20)5-7-21(25)26)28-14-17-11-18(24)10-16-13-23(29-22(16)17)8-2-3-9-23/h4,6,10-12H,2-3,5,7-9,13-14H2,1H3,(H,25,26). The zero-order valence-corrected chi connectivity index (χ0v) is 16.5. The van der Waals surface area contributed by atoms with Crippen LogP contribution in [-0.2, 0) is 24.2 Å². The van der Waals surface area contributed by atoms with Crippen molar-refractivity contribution in [1.82, 2.24) is 0 Å². The highest BCUT2D eigenvalue weighted by molar-refractivity contribution is 5.67. The molecular formula is C23H25FO5. The van der Waals surface area contributed by atoms with E-state index < -0.39 is 5.97 Å². The molecule has 1 fully saturated rings. The number of aliphatic carboxylic acids is 1. The number of benzene rings is 2. The number of methoxy groups -OCH3 is 1. The van der Waals surface area contributed by atoms with Crippen LogP contribution in [0, 0.1) is 5.82 Å². The molecule has 1 aliphatic carbocycles. The normalized spacial score (nSPS) is 16.5. The molecular weight excluding hydrogens is 375 g/mol. The van der Waals surface area contributed by atoms with Crippen LogP contribution in [0.2, 0.25) is 0 Å². The molecule has 5 nitrogen and oxygen atoms in total. The SMILES string of the molecule is COc1cc(OCc2cc(F)cc3c2OC2(CCCC2)C3)ccc1CCC(=O)O. The van der Waals surface area contributed by atoms with Crippen LogP contribution in [0.15, 0.2) is 30.3 Å². The summed E-state index contributed by atoms with van der Waals surface area (Å²) in [5, 5.41) is 8.87. The molecule has 6 heteroatoms. The van der Waals surface area contributed by atoms with Gasteiger partial charge in [0.05, 0.1) is 7.11 Å². The first-order valence-corrected chi connectivity index (χ1v) is 10.00. The number of carboxylic acids is 1. The number of carbonyl (C=O) groups is 1. The van der Waals surface area contributed by atoms with E-state index in [9.17, 15) is 9.18 Å². The minimum Gasteiger partial charge on any atom is -0.496 e. The Kier molecular flexibility index (Phi) is 5.35. The van der Waals surface area contributed by atoms with Gasteiger partial charge >= 0.3 is 5.97 Å². The van der Waals surface area contributed by atoms with E-state index in [4.69, 9.17) is 19.3 Å². The average molecular weight is 400 g/mol. The summed E-state index contributed by atoms with van der Waals surface area (Å²) in [6, 6.07) is 8.36. The first-order chi connectivity index (χ1) is 14.0. The van der Waals surface area contributed by atoms with Crippen LogP contribution in [0.4, 0.5) is 4.39 Å². The van der Waals surface area contributed by atoms with Crippen LogP contribution in [0.3, 0.4) is 0 Å². The van der Waals surface area contributed by atoms with Crippen molar-refractivity contribution in [3.63, 3.8) is 0 Å². The Morgan fingerprint density at radius 1 is 1.21 bits per heavy atom. The monoisotopic (exact) mass is 400 g/mol. The van der Waals surface area contributed by atoms with Crippen molar-refractivity contribution >= 4 is 5.97 Å². The summed E-state index contributed by atoms with van der Waals surface area (Å²) in [5.74, 6) is 0.787. The van der Waals surface area contributed by atoms with Crippen LogP contribution in [-0.4, -0.2) is 23.8 Å². The van der Waals surface area contributed by atoms with E-state index in [0.29, 0.717) is 23.5 Å². The molecule has 0 radical (unpaired) electrons. The minimum atomic E-state index is -0.854. The topological polar surface area (TPSA) is 65.0 Å². The number of hydrogen-bond acceptors (Lipinski definition) is 4. The highest BCUT2D eigenvalue weighted by atomic mass is 19.1. The van der Waals surface area contributed by atoms with Gasteiger partial charge in [-0.2, -0.15) is 0 Å². The second-order valence-corrected chi connectivity index (χ2v) is 7.88. The van der Waals surface area contributed by atoms with E-state index >= 15 is 0 Å². The third kappa shape index (κ3) is 4.16. The second kappa shape index (κ2) is 7.93. The van der Waals surface area contributed by atoms with Crippen molar-refractivity contribution < 1.29 is 28.5 Å². The molecule has 0 saturated heterocycles. The van der Waals surface area contributed by atoms with Crippen molar-refractivity contribution in [2.45, 2.75) is 57.2 Å². The fourth-order valence-corrected chi connectivity index (χ4v) is 4.40. The maximum absolute atomic E-state index is 14.2. The number of halogens is 1.